The summed E-state index contributed by atoms with van der Waals surface area (Å²) >= 11 is 6.11. The zero-order valence-electron chi connectivity index (χ0n) is 20.4. The summed E-state index contributed by atoms with van der Waals surface area (Å²) in [7, 11) is -2.40. The van der Waals surface area contributed by atoms with E-state index in [0.717, 1.165) is 15.6 Å². The molecule has 3 aromatic rings. The van der Waals surface area contributed by atoms with Crippen molar-refractivity contribution in [2.45, 2.75) is 38.1 Å². The van der Waals surface area contributed by atoms with Crippen LogP contribution in [-0.4, -0.2) is 28.0 Å². The van der Waals surface area contributed by atoms with Gasteiger partial charge in [-0.05, 0) is 72.9 Å². The Hall–Kier alpha value is -3.03. The van der Waals surface area contributed by atoms with E-state index in [1.807, 2.05) is 24.3 Å². The first-order valence-electron chi connectivity index (χ1n) is 11.4. The van der Waals surface area contributed by atoms with Gasteiger partial charge in [0.15, 0.2) is 0 Å². The van der Waals surface area contributed by atoms with Crippen LogP contribution >= 0.6 is 11.6 Å². The highest BCUT2D eigenvalue weighted by Gasteiger charge is 2.29. The second-order valence-electron chi connectivity index (χ2n) is 8.78. The molecule has 0 aromatic heterocycles. The normalized spacial score (nSPS) is 12.3. The molecule has 3 rings (SSSR count). The third kappa shape index (κ3) is 6.77. The zero-order chi connectivity index (χ0) is 25.6. The van der Waals surface area contributed by atoms with Crippen LogP contribution in [-0.2, 0) is 14.8 Å². The lowest BCUT2D eigenvalue weighted by molar-refractivity contribution is -0.120. The number of aryl methyl sites for hydroxylation is 1. The van der Waals surface area contributed by atoms with Gasteiger partial charge in [0.25, 0.3) is 10.0 Å². The van der Waals surface area contributed by atoms with Crippen LogP contribution in [0.1, 0.15) is 37.4 Å². The lowest BCUT2D eigenvalue weighted by Gasteiger charge is -2.27. The highest BCUT2D eigenvalue weighted by atomic mass is 35.5. The van der Waals surface area contributed by atoms with E-state index in [0.29, 0.717) is 28.6 Å². The van der Waals surface area contributed by atoms with E-state index in [9.17, 15) is 13.2 Å². The number of nitrogens with one attached hydrogen (secondary N) is 1. The Labute approximate surface area is 212 Å². The number of carbonyl (C=O) groups is 1. The predicted octanol–water partition coefficient (Wildman–Crippen LogP) is 5.76. The SMILES string of the molecule is COc1ccc([C@@H](CC(C)C)NC(=O)CN(c2ccc(Cl)cc2C)S(=O)(=O)c2ccccc2)cc1. The maximum Gasteiger partial charge on any atom is 0.264 e. The number of hydrogen-bond acceptors (Lipinski definition) is 4. The van der Waals surface area contributed by atoms with Crippen molar-refractivity contribution in [2.24, 2.45) is 5.92 Å². The average molecular weight is 515 g/mol. The molecule has 8 heteroatoms. The van der Waals surface area contributed by atoms with Crippen molar-refractivity contribution in [3.05, 3.63) is 88.9 Å². The van der Waals surface area contributed by atoms with Crippen LogP contribution in [0.5, 0.6) is 5.75 Å². The molecule has 3 aromatic carbocycles. The summed E-state index contributed by atoms with van der Waals surface area (Å²) in [6.07, 6.45) is 0.698. The second-order valence-corrected chi connectivity index (χ2v) is 11.1. The van der Waals surface area contributed by atoms with E-state index in [1.54, 1.807) is 50.4 Å². The fourth-order valence-corrected chi connectivity index (χ4v) is 5.61. The smallest absolute Gasteiger partial charge is 0.264 e. The molecule has 0 saturated heterocycles. The molecular weight excluding hydrogens is 484 g/mol. The van der Waals surface area contributed by atoms with Gasteiger partial charge in [-0.15, -0.1) is 0 Å². The molecule has 1 amide bonds. The molecule has 0 aliphatic heterocycles. The number of ether oxygens (including phenoxy) is 1. The standard InChI is InChI=1S/C27H31ClN2O4S/c1-19(2)16-25(21-10-13-23(34-4)14-11-21)29-27(31)18-30(26-15-12-22(28)17-20(26)3)35(32,33)24-8-6-5-7-9-24/h5-15,17,19,25H,16,18H2,1-4H3,(H,29,31)/t25-/m1/s1. The maximum absolute atomic E-state index is 13.6. The second kappa shape index (κ2) is 11.6. The van der Waals surface area contributed by atoms with Crippen molar-refractivity contribution in [3.63, 3.8) is 0 Å². The Morgan fingerprint density at radius 1 is 1.03 bits per heavy atom. The van der Waals surface area contributed by atoms with Gasteiger partial charge >= 0.3 is 0 Å². The number of nitrogens with zero attached hydrogens (tertiary/aromatic N) is 1. The van der Waals surface area contributed by atoms with Gasteiger partial charge in [-0.2, -0.15) is 0 Å². The number of benzene rings is 3. The van der Waals surface area contributed by atoms with Crippen LogP contribution in [0.4, 0.5) is 5.69 Å². The molecule has 0 fully saturated rings. The summed E-state index contributed by atoms with van der Waals surface area (Å²) in [5.41, 5.74) is 1.98. The van der Waals surface area contributed by atoms with Gasteiger partial charge in [-0.3, -0.25) is 9.10 Å². The van der Waals surface area contributed by atoms with Crippen LogP contribution in [0.3, 0.4) is 0 Å². The summed E-state index contributed by atoms with van der Waals surface area (Å²) in [5.74, 6) is 0.632. The highest BCUT2D eigenvalue weighted by Crippen LogP contribution is 2.29. The molecule has 0 spiro atoms. The molecule has 1 atom stereocenters. The number of sulfonamides is 1. The molecule has 35 heavy (non-hydrogen) atoms. The minimum absolute atomic E-state index is 0.107. The first-order chi connectivity index (χ1) is 16.6. The first kappa shape index (κ1) is 26.6. The number of anilines is 1. The molecule has 0 radical (unpaired) electrons. The fraction of sp³-hybridized carbons (Fsp3) is 0.296. The molecule has 6 nitrogen and oxygen atoms in total. The number of rotatable bonds is 10. The molecular formula is C27H31ClN2O4S. The minimum Gasteiger partial charge on any atom is -0.497 e. The van der Waals surface area contributed by atoms with E-state index in [-0.39, 0.29) is 17.5 Å². The Morgan fingerprint density at radius 2 is 1.69 bits per heavy atom. The lowest BCUT2D eigenvalue weighted by Crippen LogP contribution is -2.42. The molecule has 1 N–H and O–H groups in total. The predicted molar refractivity (Wildman–Crippen MR) is 140 cm³/mol. The first-order valence-corrected chi connectivity index (χ1v) is 13.2. The zero-order valence-corrected chi connectivity index (χ0v) is 21.9. The minimum atomic E-state index is -4.00. The summed E-state index contributed by atoms with van der Waals surface area (Å²) in [6.45, 7) is 5.55. The van der Waals surface area contributed by atoms with Crippen LogP contribution in [0.15, 0.2) is 77.7 Å². The summed E-state index contributed by atoms with van der Waals surface area (Å²) in [5, 5.41) is 3.53. The number of methoxy groups -OCH3 is 1. The Morgan fingerprint density at radius 3 is 2.26 bits per heavy atom. The van der Waals surface area contributed by atoms with Crippen LogP contribution in [0.2, 0.25) is 5.02 Å². The topological polar surface area (TPSA) is 75.7 Å². The third-order valence-corrected chi connectivity index (χ3v) is 7.62. The monoisotopic (exact) mass is 514 g/mol. The Kier molecular flexibility index (Phi) is 8.81. The summed E-state index contributed by atoms with van der Waals surface area (Å²) < 4.78 is 33.6. The van der Waals surface area contributed by atoms with Gasteiger partial charge < -0.3 is 10.1 Å². The Bertz CT molecular complexity index is 1250. The maximum atomic E-state index is 13.6. The molecule has 0 saturated carbocycles. The van der Waals surface area contributed by atoms with E-state index in [2.05, 4.69) is 19.2 Å². The van der Waals surface area contributed by atoms with Crippen molar-refractivity contribution in [3.8, 4) is 5.75 Å². The van der Waals surface area contributed by atoms with E-state index in [1.165, 1.54) is 12.1 Å². The van der Waals surface area contributed by atoms with Gasteiger partial charge in [0.2, 0.25) is 5.91 Å². The van der Waals surface area contributed by atoms with Crippen molar-refractivity contribution >= 4 is 33.2 Å². The van der Waals surface area contributed by atoms with Crippen molar-refractivity contribution in [1.29, 1.82) is 0 Å². The van der Waals surface area contributed by atoms with Gasteiger partial charge in [0, 0.05) is 5.02 Å². The Balaban J connectivity index is 1.94. The number of amides is 1. The molecule has 186 valence electrons. The van der Waals surface area contributed by atoms with Crippen molar-refractivity contribution < 1.29 is 17.9 Å². The quantitative estimate of drug-likeness (QED) is 0.373. The van der Waals surface area contributed by atoms with Gasteiger partial charge in [-0.1, -0.05) is 55.8 Å². The number of hydrogen-bond donors (Lipinski definition) is 1. The van der Waals surface area contributed by atoms with Crippen LogP contribution in [0.25, 0.3) is 0 Å². The highest BCUT2D eigenvalue weighted by molar-refractivity contribution is 7.92. The molecule has 0 aliphatic carbocycles. The van der Waals surface area contributed by atoms with E-state index < -0.39 is 15.9 Å². The third-order valence-electron chi connectivity index (χ3n) is 5.61. The van der Waals surface area contributed by atoms with Crippen molar-refractivity contribution in [2.75, 3.05) is 18.0 Å². The summed E-state index contributed by atoms with van der Waals surface area (Å²) in [6, 6.07) is 20.3. The molecule has 0 bridgehead atoms. The number of carbonyl (C=O) groups excluding carboxylic acids is 1. The molecule has 0 heterocycles. The molecule has 0 unspecified atom stereocenters. The fourth-order valence-electron chi connectivity index (χ4n) is 3.87. The van der Waals surface area contributed by atoms with Gasteiger partial charge in [0.05, 0.1) is 23.7 Å². The van der Waals surface area contributed by atoms with Gasteiger partial charge in [0.1, 0.15) is 12.3 Å². The van der Waals surface area contributed by atoms with Crippen molar-refractivity contribution in [1.82, 2.24) is 5.32 Å². The average Bonchev–Trinajstić information content (AvgIpc) is 2.83. The molecule has 0 aliphatic rings. The van der Waals surface area contributed by atoms with E-state index >= 15 is 0 Å². The number of halogens is 1. The lowest BCUT2D eigenvalue weighted by atomic mass is 9.97. The van der Waals surface area contributed by atoms with Crippen LogP contribution < -0.4 is 14.4 Å². The van der Waals surface area contributed by atoms with Gasteiger partial charge in [-0.25, -0.2) is 8.42 Å². The van der Waals surface area contributed by atoms with E-state index in [4.69, 9.17) is 16.3 Å². The summed E-state index contributed by atoms with van der Waals surface area (Å²) in [4.78, 5) is 13.4. The van der Waals surface area contributed by atoms with Crippen LogP contribution in [0, 0.1) is 12.8 Å². The largest absolute Gasteiger partial charge is 0.497 e.